The summed E-state index contributed by atoms with van der Waals surface area (Å²) in [5, 5.41) is 12.8. The third-order valence-electron chi connectivity index (χ3n) is 4.35. The minimum atomic E-state index is -1.17. The number of amides is 1. The minimum Gasteiger partial charge on any atom is -0.478 e. The van der Waals surface area contributed by atoms with Crippen molar-refractivity contribution in [3.05, 3.63) is 95.1 Å². The van der Waals surface area contributed by atoms with Crippen LogP contribution in [-0.4, -0.2) is 22.0 Å². The quantitative estimate of drug-likeness (QED) is 0.399. The molecule has 0 aliphatic rings. The van der Waals surface area contributed by atoms with Gasteiger partial charge >= 0.3 is 5.97 Å². The van der Waals surface area contributed by atoms with Crippen molar-refractivity contribution in [2.24, 2.45) is 0 Å². The molecule has 0 bridgehead atoms. The second-order valence-corrected chi connectivity index (χ2v) is 7.79. The van der Waals surface area contributed by atoms with E-state index in [1.165, 1.54) is 23.5 Å². The Morgan fingerprint density at radius 3 is 2.17 bits per heavy atom. The highest BCUT2D eigenvalue weighted by Gasteiger charge is 2.21. The summed E-state index contributed by atoms with van der Waals surface area (Å²) in [5.74, 6) is -1.59. The van der Waals surface area contributed by atoms with Crippen LogP contribution in [0.4, 0.5) is 5.69 Å². The lowest BCUT2D eigenvalue weighted by Gasteiger charge is -2.07. The molecule has 1 amide bonds. The highest BCUT2D eigenvalue weighted by molar-refractivity contribution is 7.18. The number of halogens is 1. The second kappa shape index (κ2) is 8.49. The first kappa shape index (κ1) is 19.8. The standard InChI is InChI=1S/C23H15ClN2O3S/c24-18-12-11-16(13-17(18)23(28)29)25-21(27)19-20(14-7-3-1-4-8-14)30-22(26-19)15-9-5-2-6-10-15/h1-13H,(H,25,27)(H,28,29). The van der Waals surface area contributed by atoms with Crippen LogP contribution in [-0.2, 0) is 0 Å². The fraction of sp³-hybridized carbons (Fsp3) is 0. The first-order valence-electron chi connectivity index (χ1n) is 8.99. The van der Waals surface area contributed by atoms with Crippen molar-refractivity contribution in [3.8, 4) is 21.0 Å². The number of hydrogen-bond acceptors (Lipinski definition) is 4. The van der Waals surface area contributed by atoms with Gasteiger partial charge in [-0.2, -0.15) is 0 Å². The van der Waals surface area contributed by atoms with Gasteiger partial charge in [-0.05, 0) is 23.8 Å². The Morgan fingerprint density at radius 2 is 1.53 bits per heavy atom. The van der Waals surface area contributed by atoms with Crippen LogP contribution in [0.5, 0.6) is 0 Å². The molecule has 1 heterocycles. The first-order chi connectivity index (χ1) is 14.5. The highest BCUT2D eigenvalue weighted by atomic mass is 35.5. The number of anilines is 1. The average molecular weight is 435 g/mol. The van der Waals surface area contributed by atoms with Gasteiger partial charge in [0.15, 0.2) is 0 Å². The average Bonchev–Trinajstić information content (AvgIpc) is 3.22. The largest absolute Gasteiger partial charge is 0.478 e. The van der Waals surface area contributed by atoms with Crippen molar-refractivity contribution >= 4 is 40.5 Å². The number of nitrogens with zero attached hydrogens (tertiary/aromatic N) is 1. The van der Waals surface area contributed by atoms with E-state index in [4.69, 9.17) is 11.6 Å². The smallest absolute Gasteiger partial charge is 0.337 e. The molecule has 4 aromatic rings. The molecule has 2 N–H and O–H groups in total. The summed E-state index contributed by atoms with van der Waals surface area (Å²) in [5.41, 5.74) is 2.32. The van der Waals surface area contributed by atoms with Gasteiger partial charge in [-0.25, -0.2) is 9.78 Å². The summed E-state index contributed by atoms with van der Waals surface area (Å²) in [6.07, 6.45) is 0. The van der Waals surface area contributed by atoms with E-state index in [1.54, 1.807) is 6.07 Å². The maximum atomic E-state index is 13.1. The molecule has 30 heavy (non-hydrogen) atoms. The van der Waals surface area contributed by atoms with E-state index in [-0.39, 0.29) is 16.3 Å². The first-order valence-corrected chi connectivity index (χ1v) is 10.2. The molecule has 0 saturated heterocycles. The number of hydrogen-bond donors (Lipinski definition) is 2. The zero-order chi connectivity index (χ0) is 21.1. The van der Waals surface area contributed by atoms with Crippen LogP contribution in [0.3, 0.4) is 0 Å². The SMILES string of the molecule is O=C(O)c1cc(NC(=O)c2nc(-c3ccccc3)sc2-c2ccccc2)ccc1Cl. The van der Waals surface area contributed by atoms with Crippen LogP contribution in [0.15, 0.2) is 78.9 Å². The molecule has 148 valence electrons. The summed E-state index contributed by atoms with van der Waals surface area (Å²) >= 11 is 7.34. The summed E-state index contributed by atoms with van der Waals surface area (Å²) in [6.45, 7) is 0. The van der Waals surface area contributed by atoms with Crippen LogP contribution in [0.1, 0.15) is 20.8 Å². The van der Waals surface area contributed by atoms with Gasteiger partial charge in [0.05, 0.1) is 15.5 Å². The van der Waals surface area contributed by atoms with Crippen LogP contribution in [0.2, 0.25) is 5.02 Å². The van der Waals surface area contributed by atoms with Gasteiger partial charge in [-0.1, -0.05) is 72.3 Å². The molecule has 3 aromatic carbocycles. The van der Waals surface area contributed by atoms with Gasteiger partial charge < -0.3 is 10.4 Å². The van der Waals surface area contributed by atoms with E-state index in [1.807, 2.05) is 60.7 Å². The number of thiazole rings is 1. The highest BCUT2D eigenvalue weighted by Crippen LogP contribution is 2.36. The molecule has 1 aromatic heterocycles. The van der Waals surface area contributed by atoms with E-state index in [2.05, 4.69) is 10.3 Å². The van der Waals surface area contributed by atoms with Gasteiger partial charge in [-0.3, -0.25) is 4.79 Å². The van der Waals surface area contributed by atoms with Crippen molar-refractivity contribution in [2.75, 3.05) is 5.32 Å². The van der Waals surface area contributed by atoms with Gasteiger partial charge in [0.25, 0.3) is 5.91 Å². The molecule has 0 radical (unpaired) electrons. The van der Waals surface area contributed by atoms with E-state index in [9.17, 15) is 14.7 Å². The van der Waals surface area contributed by atoms with Crippen molar-refractivity contribution in [2.45, 2.75) is 0 Å². The molecule has 0 fully saturated rings. The minimum absolute atomic E-state index is 0.0824. The Morgan fingerprint density at radius 1 is 0.900 bits per heavy atom. The molecule has 0 spiro atoms. The predicted molar refractivity (Wildman–Crippen MR) is 119 cm³/mol. The molecule has 0 saturated carbocycles. The van der Waals surface area contributed by atoms with Crippen molar-refractivity contribution < 1.29 is 14.7 Å². The third-order valence-corrected chi connectivity index (χ3v) is 5.84. The number of carboxylic acids is 1. The second-order valence-electron chi connectivity index (χ2n) is 6.38. The number of aromatic carboxylic acids is 1. The van der Waals surface area contributed by atoms with E-state index in [0.717, 1.165) is 21.0 Å². The maximum absolute atomic E-state index is 13.1. The Hall–Kier alpha value is -3.48. The number of carbonyl (C=O) groups excluding carboxylic acids is 1. The van der Waals surface area contributed by atoms with Gasteiger partial charge in [0.1, 0.15) is 10.7 Å². The predicted octanol–water partition coefficient (Wildman–Crippen LogP) is 6.08. The van der Waals surface area contributed by atoms with Gasteiger partial charge in [0, 0.05) is 11.3 Å². The molecule has 7 heteroatoms. The van der Waals surface area contributed by atoms with Crippen LogP contribution in [0, 0.1) is 0 Å². The Bertz CT molecular complexity index is 1220. The number of carboxylic acid groups (broad SMARTS) is 1. The van der Waals surface area contributed by atoms with E-state index >= 15 is 0 Å². The number of aromatic nitrogens is 1. The summed E-state index contributed by atoms with van der Waals surface area (Å²) in [7, 11) is 0. The summed E-state index contributed by atoms with van der Waals surface area (Å²) in [6, 6.07) is 23.5. The molecular weight excluding hydrogens is 420 g/mol. The molecule has 4 rings (SSSR count). The molecule has 5 nitrogen and oxygen atoms in total. The zero-order valence-electron chi connectivity index (χ0n) is 15.5. The number of rotatable bonds is 5. The van der Waals surface area contributed by atoms with Crippen molar-refractivity contribution in [1.82, 2.24) is 4.98 Å². The van der Waals surface area contributed by atoms with Crippen LogP contribution < -0.4 is 5.32 Å². The molecular formula is C23H15ClN2O3S. The third kappa shape index (κ3) is 4.10. The molecule has 0 aliphatic heterocycles. The lowest BCUT2D eigenvalue weighted by Crippen LogP contribution is -2.14. The number of carbonyl (C=O) groups is 2. The van der Waals surface area contributed by atoms with Gasteiger partial charge in [0.2, 0.25) is 0 Å². The maximum Gasteiger partial charge on any atom is 0.337 e. The number of nitrogens with one attached hydrogen (secondary N) is 1. The normalized spacial score (nSPS) is 10.6. The summed E-state index contributed by atoms with van der Waals surface area (Å²) < 4.78 is 0. The van der Waals surface area contributed by atoms with Crippen molar-refractivity contribution in [3.63, 3.8) is 0 Å². The summed E-state index contributed by atoms with van der Waals surface area (Å²) in [4.78, 5) is 29.7. The van der Waals surface area contributed by atoms with Crippen LogP contribution in [0.25, 0.3) is 21.0 Å². The topological polar surface area (TPSA) is 79.3 Å². The fourth-order valence-corrected chi connectivity index (χ4v) is 4.19. The lowest BCUT2D eigenvalue weighted by atomic mass is 10.1. The molecule has 0 unspecified atom stereocenters. The van der Waals surface area contributed by atoms with E-state index in [0.29, 0.717) is 5.69 Å². The van der Waals surface area contributed by atoms with Crippen LogP contribution >= 0.6 is 22.9 Å². The van der Waals surface area contributed by atoms with E-state index < -0.39 is 11.9 Å². The zero-order valence-corrected chi connectivity index (χ0v) is 17.1. The fourth-order valence-electron chi connectivity index (χ4n) is 2.92. The number of benzene rings is 3. The molecule has 0 atom stereocenters. The lowest BCUT2D eigenvalue weighted by molar-refractivity contribution is 0.0696. The monoisotopic (exact) mass is 434 g/mol. The Balaban J connectivity index is 1.74. The van der Waals surface area contributed by atoms with Crippen molar-refractivity contribution in [1.29, 1.82) is 0 Å². The van der Waals surface area contributed by atoms with Gasteiger partial charge in [-0.15, -0.1) is 11.3 Å². The molecule has 0 aliphatic carbocycles. The Labute approximate surface area is 181 Å². The Kier molecular flexibility index (Phi) is 5.61.